The number of halogens is 2. The first-order chi connectivity index (χ1) is 9.54. The van der Waals surface area contributed by atoms with Gasteiger partial charge in [-0.3, -0.25) is 0 Å². The smallest absolute Gasteiger partial charge is 0.140 e. The SMILES string of the molecule is CC1=Nc2cc(F)c3c4c(cc(F)c(c24)S1)N=C(C)S3. The molecule has 0 N–H and O–H groups in total. The molecule has 0 unspecified atom stereocenters. The van der Waals surface area contributed by atoms with Crippen molar-refractivity contribution in [1.82, 2.24) is 0 Å². The van der Waals surface area contributed by atoms with Crippen LogP contribution in [0.15, 0.2) is 31.9 Å². The summed E-state index contributed by atoms with van der Waals surface area (Å²) in [4.78, 5) is 9.71. The van der Waals surface area contributed by atoms with Gasteiger partial charge in [0.05, 0.1) is 31.3 Å². The molecule has 2 aromatic rings. The van der Waals surface area contributed by atoms with E-state index in [0.717, 1.165) is 0 Å². The van der Waals surface area contributed by atoms with Gasteiger partial charge in [-0.1, -0.05) is 23.5 Å². The highest BCUT2D eigenvalue weighted by Crippen LogP contribution is 2.51. The van der Waals surface area contributed by atoms with Gasteiger partial charge in [-0.05, 0) is 13.8 Å². The van der Waals surface area contributed by atoms with Crippen molar-refractivity contribution in [2.24, 2.45) is 9.98 Å². The molecule has 0 amide bonds. The summed E-state index contributed by atoms with van der Waals surface area (Å²) in [5.74, 6) is -0.650. The largest absolute Gasteiger partial charge is 0.246 e. The van der Waals surface area contributed by atoms with Crippen LogP contribution in [0.5, 0.6) is 0 Å². The number of rotatable bonds is 0. The van der Waals surface area contributed by atoms with Crippen molar-refractivity contribution in [3.8, 4) is 0 Å². The van der Waals surface area contributed by atoms with Crippen molar-refractivity contribution in [2.45, 2.75) is 23.6 Å². The molecule has 2 heterocycles. The van der Waals surface area contributed by atoms with E-state index in [1.165, 1.54) is 35.7 Å². The van der Waals surface area contributed by atoms with Gasteiger partial charge in [0.1, 0.15) is 11.6 Å². The highest BCUT2D eigenvalue weighted by Gasteiger charge is 2.27. The summed E-state index contributed by atoms with van der Waals surface area (Å²) in [6.45, 7) is 3.59. The molecule has 0 saturated heterocycles. The number of benzene rings is 2. The van der Waals surface area contributed by atoms with Crippen molar-refractivity contribution in [2.75, 3.05) is 0 Å². The minimum atomic E-state index is -0.325. The molecule has 0 atom stereocenters. The molecule has 0 aromatic heterocycles. The second-order valence-corrected chi connectivity index (χ2v) is 7.04. The molecule has 2 nitrogen and oxygen atoms in total. The highest BCUT2D eigenvalue weighted by molar-refractivity contribution is 8.14. The first-order valence-electron chi connectivity index (χ1n) is 5.99. The van der Waals surface area contributed by atoms with E-state index in [-0.39, 0.29) is 11.6 Å². The van der Waals surface area contributed by atoms with Crippen LogP contribution in [0, 0.1) is 11.6 Å². The van der Waals surface area contributed by atoms with E-state index in [4.69, 9.17) is 0 Å². The van der Waals surface area contributed by atoms with Gasteiger partial charge in [0.2, 0.25) is 0 Å². The molecule has 4 rings (SSSR count). The monoisotopic (exact) mass is 306 g/mol. The Hall–Kier alpha value is -1.40. The molecule has 0 spiro atoms. The zero-order valence-corrected chi connectivity index (χ0v) is 12.3. The Morgan fingerprint density at radius 3 is 1.60 bits per heavy atom. The molecule has 2 aromatic carbocycles. The van der Waals surface area contributed by atoms with Crippen LogP contribution in [0.1, 0.15) is 13.8 Å². The fourth-order valence-electron chi connectivity index (χ4n) is 2.53. The summed E-state index contributed by atoms with van der Waals surface area (Å²) in [6, 6.07) is 2.78. The lowest BCUT2D eigenvalue weighted by Crippen LogP contribution is -2.01. The summed E-state index contributed by atoms with van der Waals surface area (Å²) < 4.78 is 28.6. The lowest BCUT2D eigenvalue weighted by molar-refractivity contribution is 0.600. The van der Waals surface area contributed by atoms with E-state index in [1.807, 2.05) is 0 Å². The van der Waals surface area contributed by atoms with E-state index < -0.39 is 0 Å². The lowest BCUT2D eigenvalue weighted by Gasteiger charge is -2.21. The van der Waals surface area contributed by atoms with Gasteiger partial charge in [0, 0.05) is 22.9 Å². The minimum absolute atomic E-state index is 0.325. The standard InChI is InChI=1S/C14H8F2N2S2/c1-5-17-9-3-8(16)14-12-10(18-6(2)20-14)4-7(15)13(19-5)11(9)12/h3-4H,1-2H3. The number of hydrogen-bond donors (Lipinski definition) is 0. The zero-order chi connectivity index (χ0) is 14.0. The van der Waals surface area contributed by atoms with Gasteiger partial charge >= 0.3 is 0 Å². The summed E-state index contributed by atoms with van der Waals surface area (Å²) >= 11 is 2.57. The van der Waals surface area contributed by atoms with Crippen LogP contribution in [0.4, 0.5) is 20.2 Å². The third-order valence-electron chi connectivity index (χ3n) is 3.23. The summed E-state index contributed by atoms with van der Waals surface area (Å²) in [7, 11) is 0. The number of thioether (sulfide) groups is 2. The highest BCUT2D eigenvalue weighted by atomic mass is 32.2. The molecule has 0 fully saturated rings. The molecule has 6 heteroatoms. The Morgan fingerprint density at radius 1 is 0.800 bits per heavy atom. The van der Waals surface area contributed by atoms with Crippen LogP contribution in [0.3, 0.4) is 0 Å². The van der Waals surface area contributed by atoms with Gasteiger partial charge in [-0.2, -0.15) is 0 Å². The van der Waals surface area contributed by atoms with E-state index >= 15 is 0 Å². The van der Waals surface area contributed by atoms with Gasteiger partial charge < -0.3 is 0 Å². The van der Waals surface area contributed by atoms with Gasteiger partial charge in [-0.15, -0.1) is 0 Å². The van der Waals surface area contributed by atoms with Gasteiger partial charge in [0.15, 0.2) is 0 Å². The van der Waals surface area contributed by atoms with Gasteiger partial charge in [-0.25, -0.2) is 18.8 Å². The lowest BCUT2D eigenvalue weighted by atomic mass is 10.1. The normalized spacial score (nSPS) is 16.2. The third kappa shape index (κ3) is 1.58. The second kappa shape index (κ2) is 4.05. The summed E-state index contributed by atoms with van der Waals surface area (Å²) in [5.41, 5.74) is 0.979. The second-order valence-electron chi connectivity index (χ2n) is 4.63. The molecule has 2 aliphatic rings. The third-order valence-corrected chi connectivity index (χ3v) is 5.21. The predicted molar refractivity (Wildman–Crippen MR) is 81.1 cm³/mol. The molecule has 0 saturated carbocycles. The van der Waals surface area contributed by atoms with Crippen LogP contribution in [-0.4, -0.2) is 10.1 Å². The zero-order valence-electron chi connectivity index (χ0n) is 10.6. The van der Waals surface area contributed by atoms with Crippen molar-refractivity contribution < 1.29 is 8.78 Å². The topological polar surface area (TPSA) is 24.7 Å². The van der Waals surface area contributed by atoms with Crippen LogP contribution in [-0.2, 0) is 0 Å². The van der Waals surface area contributed by atoms with Crippen LogP contribution < -0.4 is 0 Å². The molecular weight excluding hydrogens is 298 g/mol. The molecular formula is C14H8F2N2S2. The van der Waals surface area contributed by atoms with Crippen molar-refractivity contribution in [3.63, 3.8) is 0 Å². The maximum Gasteiger partial charge on any atom is 0.140 e. The first-order valence-corrected chi connectivity index (χ1v) is 7.63. The van der Waals surface area contributed by atoms with Crippen LogP contribution in [0.2, 0.25) is 0 Å². The van der Waals surface area contributed by atoms with Crippen LogP contribution >= 0.6 is 23.5 Å². The Kier molecular flexibility index (Phi) is 2.50. The molecule has 0 bridgehead atoms. The van der Waals surface area contributed by atoms with Crippen LogP contribution in [0.25, 0.3) is 10.8 Å². The minimum Gasteiger partial charge on any atom is -0.246 e. The quantitative estimate of drug-likeness (QED) is 0.648. The Balaban J connectivity index is 2.27. The maximum absolute atomic E-state index is 14.3. The average molecular weight is 306 g/mol. The molecule has 20 heavy (non-hydrogen) atoms. The number of nitrogens with zero attached hydrogens (tertiary/aromatic N) is 2. The summed E-state index contributed by atoms with van der Waals surface area (Å²) in [6.07, 6.45) is 0. The number of aliphatic imine (C=N–C) groups is 2. The Bertz CT molecular complexity index is 785. The number of hydrogen-bond acceptors (Lipinski definition) is 4. The fraction of sp³-hybridized carbons (Fsp3) is 0.143. The van der Waals surface area contributed by atoms with Gasteiger partial charge in [0.25, 0.3) is 0 Å². The molecule has 0 aliphatic carbocycles. The molecule has 100 valence electrons. The van der Waals surface area contributed by atoms with E-state index in [0.29, 0.717) is 42.0 Å². The van der Waals surface area contributed by atoms with E-state index in [9.17, 15) is 8.78 Å². The Labute approximate surface area is 122 Å². The fourth-order valence-corrected chi connectivity index (χ4v) is 4.34. The molecule has 0 radical (unpaired) electrons. The predicted octanol–water partition coefficient (Wildman–Crippen LogP) is 5.43. The van der Waals surface area contributed by atoms with Crippen molar-refractivity contribution in [1.29, 1.82) is 0 Å². The maximum atomic E-state index is 14.3. The Morgan fingerprint density at radius 2 is 1.20 bits per heavy atom. The molecule has 2 aliphatic heterocycles. The van der Waals surface area contributed by atoms with Crippen molar-refractivity contribution in [3.05, 3.63) is 23.8 Å². The summed E-state index contributed by atoms with van der Waals surface area (Å²) in [5, 5.41) is 2.77. The van der Waals surface area contributed by atoms with E-state index in [2.05, 4.69) is 9.98 Å². The first kappa shape index (κ1) is 12.3. The van der Waals surface area contributed by atoms with Crippen molar-refractivity contribution >= 4 is 55.8 Å². The average Bonchev–Trinajstić information content (AvgIpc) is 2.37. The van der Waals surface area contributed by atoms with E-state index in [1.54, 1.807) is 13.8 Å².